The van der Waals surface area contributed by atoms with E-state index in [9.17, 15) is 0 Å². The quantitative estimate of drug-likeness (QED) is 0.654. The van der Waals surface area contributed by atoms with Crippen LogP contribution in [0.4, 0.5) is 0 Å². The van der Waals surface area contributed by atoms with Crippen molar-refractivity contribution >= 4 is 22.9 Å². The SMILES string of the molecule is Cc1ccc([O][SnH])cc1. The van der Waals surface area contributed by atoms with Crippen LogP contribution in [0.2, 0.25) is 0 Å². The summed E-state index contributed by atoms with van der Waals surface area (Å²) in [7, 11) is 0. The first kappa shape index (κ1) is 6.93. The third-order valence-electron chi connectivity index (χ3n) is 1.16. The summed E-state index contributed by atoms with van der Waals surface area (Å²) >= 11 is 0.832. The Kier molecular flexibility index (Phi) is 2.39. The summed E-state index contributed by atoms with van der Waals surface area (Å²) in [5.41, 5.74) is 1.27. The van der Waals surface area contributed by atoms with Crippen LogP contribution in [0.3, 0.4) is 0 Å². The third kappa shape index (κ3) is 1.90. The van der Waals surface area contributed by atoms with Crippen molar-refractivity contribution < 1.29 is 3.07 Å². The van der Waals surface area contributed by atoms with Crippen molar-refractivity contribution in [2.45, 2.75) is 6.92 Å². The summed E-state index contributed by atoms with van der Waals surface area (Å²) in [5.74, 6) is 0.975. The van der Waals surface area contributed by atoms with Gasteiger partial charge in [-0.2, -0.15) is 0 Å². The van der Waals surface area contributed by atoms with Crippen molar-refractivity contribution in [3.8, 4) is 5.75 Å². The van der Waals surface area contributed by atoms with Crippen molar-refractivity contribution in [2.24, 2.45) is 0 Å². The van der Waals surface area contributed by atoms with Gasteiger partial charge in [-0.1, -0.05) is 0 Å². The molecule has 9 heavy (non-hydrogen) atoms. The van der Waals surface area contributed by atoms with Crippen molar-refractivity contribution in [2.75, 3.05) is 0 Å². The summed E-state index contributed by atoms with van der Waals surface area (Å²) in [5, 5.41) is 0. The van der Waals surface area contributed by atoms with Crippen LogP contribution >= 0.6 is 0 Å². The zero-order valence-corrected chi connectivity index (χ0v) is 8.59. The standard InChI is InChI=1S/C7H8O.Sn.H/c1-6-2-4-7(8)5-3-6;;/h2-5,8H,1H3;;/q;+1;/p-1. The van der Waals surface area contributed by atoms with E-state index in [2.05, 4.69) is 6.92 Å². The second-order valence-electron chi connectivity index (χ2n) is 1.93. The average molecular weight is 227 g/mol. The molecule has 0 aromatic heterocycles. The van der Waals surface area contributed by atoms with Crippen molar-refractivity contribution in [3.05, 3.63) is 29.8 Å². The van der Waals surface area contributed by atoms with E-state index in [1.54, 1.807) is 0 Å². The van der Waals surface area contributed by atoms with E-state index in [1.807, 2.05) is 24.3 Å². The molecule has 0 heterocycles. The molecule has 46 valence electrons. The number of hydrogen-bond donors (Lipinski definition) is 0. The van der Waals surface area contributed by atoms with Gasteiger partial charge < -0.3 is 0 Å². The molecule has 0 fully saturated rings. The maximum absolute atomic E-state index is 5.10. The Labute approximate surface area is 68.7 Å². The Morgan fingerprint density at radius 1 is 1.22 bits per heavy atom. The van der Waals surface area contributed by atoms with E-state index < -0.39 is 0 Å². The van der Waals surface area contributed by atoms with Gasteiger partial charge in [0.1, 0.15) is 0 Å². The first-order valence-electron chi connectivity index (χ1n) is 2.76. The summed E-state index contributed by atoms with van der Waals surface area (Å²) in [6, 6.07) is 8.07. The van der Waals surface area contributed by atoms with Crippen LogP contribution in [-0.4, -0.2) is 22.9 Å². The molecule has 0 N–H and O–H groups in total. The summed E-state index contributed by atoms with van der Waals surface area (Å²) in [6.07, 6.45) is 0. The Morgan fingerprint density at radius 2 is 1.78 bits per heavy atom. The van der Waals surface area contributed by atoms with Crippen molar-refractivity contribution in [1.29, 1.82) is 0 Å². The average Bonchev–Trinajstić information content (AvgIpc) is 1.90. The minimum absolute atomic E-state index is 0.832. The van der Waals surface area contributed by atoms with Gasteiger partial charge in [-0.15, -0.1) is 0 Å². The number of aryl methyl sites for hydroxylation is 1. The molecule has 0 spiro atoms. The van der Waals surface area contributed by atoms with Gasteiger partial charge in [0.25, 0.3) is 0 Å². The molecule has 2 radical (unpaired) electrons. The molecule has 0 saturated carbocycles. The molecule has 0 bridgehead atoms. The predicted molar refractivity (Wildman–Crippen MR) is 39.0 cm³/mol. The van der Waals surface area contributed by atoms with Gasteiger partial charge in [0.15, 0.2) is 0 Å². The van der Waals surface area contributed by atoms with Crippen LogP contribution in [-0.2, 0) is 0 Å². The van der Waals surface area contributed by atoms with Crippen molar-refractivity contribution in [3.63, 3.8) is 0 Å². The third-order valence-corrected chi connectivity index (χ3v) is 1.93. The van der Waals surface area contributed by atoms with Gasteiger partial charge in [-0.25, -0.2) is 0 Å². The molecule has 2 heteroatoms. The molecule has 0 aliphatic heterocycles. The van der Waals surface area contributed by atoms with Gasteiger partial charge in [0.05, 0.1) is 0 Å². The molecule has 0 atom stereocenters. The fourth-order valence-corrected chi connectivity index (χ4v) is 1.07. The van der Waals surface area contributed by atoms with Crippen LogP contribution in [0, 0.1) is 6.92 Å². The molecule has 1 rings (SSSR count). The van der Waals surface area contributed by atoms with Gasteiger partial charge in [-0.3, -0.25) is 0 Å². The molecule has 0 aliphatic rings. The van der Waals surface area contributed by atoms with E-state index in [0.29, 0.717) is 0 Å². The zero-order valence-electron chi connectivity index (χ0n) is 5.29. The van der Waals surface area contributed by atoms with Crippen LogP contribution in [0.1, 0.15) is 5.56 Å². The zero-order chi connectivity index (χ0) is 6.69. The van der Waals surface area contributed by atoms with Gasteiger partial charge >= 0.3 is 68.5 Å². The molecule has 1 aromatic carbocycles. The van der Waals surface area contributed by atoms with Crippen LogP contribution in [0.25, 0.3) is 0 Å². The second-order valence-corrected chi connectivity index (χ2v) is 2.60. The van der Waals surface area contributed by atoms with E-state index in [-0.39, 0.29) is 0 Å². The Balaban J connectivity index is 2.88. The van der Waals surface area contributed by atoms with Crippen molar-refractivity contribution in [1.82, 2.24) is 0 Å². The normalized spacial score (nSPS) is 9.11. The molecule has 1 nitrogen and oxygen atoms in total. The Morgan fingerprint density at radius 3 is 2.22 bits per heavy atom. The number of rotatable bonds is 1. The topological polar surface area (TPSA) is 9.23 Å². The number of benzene rings is 1. The first-order valence-corrected chi connectivity index (χ1v) is 4.11. The predicted octanol–water partition coefficient (Wildman–Crippen LogP) is 1.19. The second kappa shape index (κ2) is 3.11. The Bertz CT molecular complexity index is 181. The van der Waals surface area contributed by atoms with Crippen LogP contribution in [0.15, 0.2) is 24.3 Å². The monoisotopic (exact) mass is 228 g/mol. The van der Waals surface area contributed by atoms with Crippen LogP contribution < -0.4 is 3.07 Å². The summed E-state index contributed by atoms with van der Waals surface area (Å²) in [4.78, 5) is 0. The molecule has 0 aliphatic carbocycles. The van der Waals surface area contributed by atoms with Gasteiger partial charge in [0, 0.05) is 0 Å². The van der Waals surface area contributed by atoms with Gasteiger partial charge in [0.2, 0.25) is 0 Å². The molecule has 0 unspecified atom stereocenters. The van der Waals surface area contributed by atoms with E-state index in [0.717, 1.165) is 28.7 Å². The summed E-state index contributed by atoms with van der Waals surface area (Å²) in [6.45, 7) is 2.07. The summed E-state index contributed by atoms with van der Waals surface area (Å²) < 4.78 is 5.10. The first-order chi connectivity index (χ1) is 4.33. The van der Waals surface area contributed by atoms with E-state index in [1.165, 1.54) is 5.56 Å². The Hall–Kier alpha value is -0.181. The molecular formula is C7H8OSn. The molecule has 0 saturated heterocycles. The van der Waals surface area contributed by atoms with E-state index in [4.69, 9.17) is 3.07 Å². The maximum atomic E-state index is 5.10. The number of hydrogen-bond acceptors (Lipinski definition) is 1. The molecular weight excluding hydrogens is 219 g/mol. The fraction of sp³-hybridized carbons (Fsp3) is 0.143. The molecule has 0 amide bonds. The van der Waals surface area contributed by atoms with Gasteiger partial charge in [-0.05, 0) is 0 Å². The van der Waals surface area contributed by atoms with E-state index >= 15 is 0 Å². The minimum atomic E-state index is 0.832. The van der Waals surface area contributed by atoms with Crippen LogP contribution in [0.5, 0.6) is 5.75 Å². The molecule has 1 aromatic rings. The fourth-order valence-electron chi connectivity index (χ4n) is 0.617.